The van der Waals surface area contributed by atoms with Crippen LogP contribution in [0, 0.1) is 0 Å². The summed E-state index contributed by atoms with van der Waals surface area (Å²) in [4.78, 5) is 14.8. The van der Waals surface area contributed by atoms with Gasteiger partial charge in [0.25, 0.3) is 0 Å². The Hall–Kier alpha value is -2.17. The first kappa shape index (κ1) is 8.43. The summed E-state index contributed by atoms with van der Waals surface area (Å²) in [6, 6.07) is 5.29. The van der Waals surface area contributed by atoms with Gasteiger partial charge in [-0.3, -0.25) is 10.1 Å². The number of aromatic nitrogens is 3. The minimum Gasteiger partial charge on any atom is -0.477 e. The number of aromatic amines is 1. The summed E-state index contributed by atoms with van der Waals surface area (Å²) in [6.07, 6.45) is 3.06. The molecular formula is C9H7N3O2. The van der Waals surface area contributed by atoms with Gasteiger partial charge in [0.05, 0.1) is 17.5 Å². The summed E-state index contributed by atoms with van der Waals surface area (Å²) in [5.41, 5.74) is 1.15. The van der Waals surface area contributed by atoms with Gasteiger partial charge in [-0.2, -0.15) is 5.10 Å². The Morgan fingerprint density at radius 1 is 1.43 bits per heavy atom. The highest BCUT2D eigenvalue weighted by Crippen LogP contribution is 2.18. The van der Waals surface area contributed by atoms with Crippen molar-refractivity contribution in [3.05, 3.63) is 36.3 Å². The third kappa shape index (κ3) is 1.35. The highest BCUT2D eigenvalue weighted by molar-refractivity contribution is 5.93. The Bertz CT molecular complexity index is 450. The molecule has 2 heterocycles. The molecule has 0 aromatic carbocycles. The normalized spacial score (nSPS) is 10.0. The monoisotopic (exact) mass is 189 g/mol. The largest absolute Gasteiger partial charge is 0.477 e. The lowest BCUT2D eigenvalue weighted by molar-refractivity contribution is 0.0691. The van der Waals surface area contributed by atoms with E-state index in [2.05, 4.69) is 15.2 Å². The Morgan fingerprint density at radius 3 is 2.93 bits per heavy atom. The van der Waals surface area contributed by atoms with Gasteiger partial charge < -0.3 is 5.11 Å². The van der Waals surface area contributed by atoms with Crippen LogP contribution in [0.3, 0.4) is 0 Å². The number of nitrogens with one attached hydrogen (secondary N) is 1. The number of aromatic carboxylic acids is 1. The van der Waals surface area contributed by atoms with Crippen LogP contribution in [0.15, 0.2) is 30.6 Å². The highest BCUT2D eigenvalue weighted by Gasteiger charge is 2.13. The summed E-state index contributed by atoms with van der Waals surface area (Å²) in [5, 5.41) is 14.9. The molecule has 70 valence electrons. The van der Waals surface area contributed by atoms with Crippen molar-refractivity contribution in [2.45, 2.75) is 0 Å². The number of carboxylic acids is 1. The smallest absolute Gasteiger partial charge is 0.354 e. The number of H-pyrrole nitrogens is 1. The quantitative estimate of drug-likeness (QED) is 0.743. The van der Waals surface area contributed by atoms with Crippen LogP contribution in [-0.4, -0.2) is 26.3 Å². The third-order valence-electron chi connectivity index (χ3n) is 1.79. The Morgan fingerprint density at radius 2 is 2.29 bits per heavy atom. The molecule has 2 N–H and O–H groups in total. The first-order valence-electron chi connectivity index (χ1n) is 3.97. The molecule has 2 aromatic rings. The molecule has 2 aromatic heterocycles. The van der Waals surface area contributed by atoms with Gasteiger partial charge in [-0.15, -0.1) is 0 Å². The van der Waals surface area contributed by atoms with E-state index in [-0.39, 0.29) is 5.69 Å². The van der Waals surface area contributed by atoms with Gasteiger partial charge in [0.2, 0.25) is 0 Å². The van der Waals surface area contributed by atoms with Crippen molar-refractivity contribution in [2.24, 2.45) is 0 Å². The zero-order chi connectivity index (χ0) is 9.97. The van der Waals surface area contributed by atoms with Crippen molar-refractivity contribution in [2.75, 3.05) is 0 Å². The zero-order valence-corrected chi connectivity index (χ0v) is 7.14. The Kier molecular flexibility index (Phi) is 1.98. The molecule has 0 aliphatic heterocycles. The average Bonchev–Trinajstić information content (AvgIpc) is 2.67. The predicted octanol–water partition coefficient (Wildman–Crippen LogP) is 1.17. The molecule has 0 fully saturated rings. The molecule has 5 nitrogen and oxygen atoms in total. The Balaban J connectivity index is 2.52. The van der Waals surface area contributed by atoms with Gasteiger partial charge >= 0.3 is 5.97 Å². The number of carboxylic acid groups (broad SMARTS) is 1. The fourth-order valence-corrected chi connectivity index (χ4v) is 1.17. The molecule has 0 saturated carbocycles. The Labute approximate surface area is 79.4 Å². The first-order valence-corrected chi connectivity index (χ1v) is 3.97. The van der Waals surface area contributed by atoms with Crippen molar-refractivity contribution >= 4 is 5.97 Å². The fourth-order valence-electron chi connectivity index (χ4n) is 1.17. The summed E-state index contributed by atoms with van der Waals surface area (Å²) >= 11 is 0. The van der Waals surface area contributed by atoms with Crippen molar-refractivity contribution in [1.82, 2.24) is 15.2 Å². The fraction of sp³-hybridized carbons (Fsp3) is 0. The van der Waals surface area contributed by atoms with E-state index in [1.54, 1.807) is 24.4 Å². The van der Waals surface area contributed by atoms with Crippen molar-refractivity contribution in [3.63, 3.8) is 0 Å². The lowest BCUT2D eigenvalue weighted by Crippen LogP contribution is -1.99. The van der Waals surface area contributed by atoms with Gasteiger partial charge in [-0.05, 0) is 12.1 Å². The van der Waals surface area contributed by atoms with Crippen LogP contribution in [0.5, 0.6) is 0 Å². The molecule has 0 aliphatic rings. The lowest BCUT2D eigenvalue weighted by Gasteiger charge is -1.96. The van der Waals surface area contributed by atoms with E-state index in [0.29, 0.717) is 11.3 Å². The molecule has 0 amide bonds. The van der Waals surface area contributed by atoms with Crippen LogP contribution < -0.4 is 0 Å². The van der Waals surface area contributed by atoms with E-state index in [1.165, 1.54) is 6.20 Å². The molecule has 0 radical (unpaired) electrons. The van der Waals surface area contributed by atoms with Crippen molar-refractivity contribution in [1.29, 1.82) is 0 Å². The molecule has 0 atom stereocenters. The number of pyridine rings is 1. The second kappa shape index (κ2) is 3.29. The first-order chi connectivity index (χ1) is 6.79. The number of nitrogens with zero attached hydrogens (tertiary/aromatic N) is 2. The highest BCUT2D eigenvalue weighted by atomic mass is 16.4. The van der Waals surface area contributed by atoms with Gasteiger partial charge in [0, 0.05) is 6.20 Å². The number of hydrogen-bond donors (Lipinski definition) is 2. The zero-order valence-electron chi connectivity index (χ0n) is 7.14. The topological polar surface area (TPSA) is 78.9 Å². The number of rotatable bonds is 2. The van der Waals surface area contributed by atoms with E-state index in [1.807, 2.05) is 0 Å². The molecule has 0 spiro atoms. The van der Waals surface area contributed by atoms with Crippen LogP contribution >= 0.6 is 0 Å². The molecule has 2 rings (SSSR count). The van der Waals surface area contributed by atoms with Crippen LogP contribution in [0.2, 0.25) is 0 Å². The molecular weight excluding hydrogens is 182 g/mol. The van der Waals surface area contributed by atoms with Gasteiger partial charge in [-0.1, -0.05) is 6.07 Å². The lowest BCUT2D eigenvalue weighted by atomic mass is 10.1. The average molecular weight is 189 g/mol. The van der Waals surface area contributed by atoms with E-state index in [9.17, 15) is 4.79 Å². The van der Waals surface area contributed by atoms with Gasteiger partial charge in [0.15, 0.2) is 5.69 Å². The minimum atomic E-state index is -1.04. The molecule has 0 bridgehead atoms. The molecule has 0 saturated heterocycles. The molecule has 0 aliphatic carbocycles. The second-order valence-electron chi connectivity index (χ2n) is 2.68. The maximum absolute atomic E-state index is 10.8. The summed E-state index contributed by atoms with van der Waals surface area (Å²) in [6.45, 7) is 0. The SMILES string of the molecule is O=C(O)c1[nH]ncc1-c1ccccn1. The van der Waals surface area contributed by atoms with E-state index < -0.39 is 5.97 Å². The second-order valence-corrected chi connectivity index (χ2v) is 2.68. The maximum Gasteiger partial charge on any atom is 0.354 e. The third-order valence-corrected chi connectivity index (χ3v) is 1.79. The maximum atomic E-state index is 10.8. The van der Waals surface area contributed by atoms with Crippen molar-refractivity contribution < 1.29 is 9.90 Å². The minimum absolute atomic E-state index is 0.0590. The van der Waals surface area contributed by atoms with Gasteiger partial charge in [0.1, 0.15) is 0 Å². The van der Waals surface area contributed by atoms with E-state index >= 15 is 0 Å². The van der Waals surface area contributed by atoms with E-state index in [4.69, 9.17) is 5.11 Å². The van der Waals surface area contributed by atoms with Crippen molar-refractivity contribution in [3.8, 4) is 11.3 Å². The standard InChI is InChI=1S/C9H7N3O2/c13-9(14)8-6(5-11-12-8)7-3-1-2-4-10-7/h1-5H,(H,11,12)(H,13,14). The summed E-state index contributed by atoms with van der Waals surface area (Å²) in [7, 11) is 0. The van der Waals surface area contributed by atoms with Gasteiger partial charge in [-0.25, -0.2) is 4.79 Å². The summed E-state index contributed by atoms with van der Waals surface area (Å²) in [5.74, 6) is -1.04. The predicted molar refractivity (Wildman–Crippen MR) is 48.8 cm³/mol. The summed E-state index contributed by atoms with van der Waals surface area (Å²) < 4.78 is 0. The van der Waals surface area contributed by atoms with Crippen LogP contribution in [0.25, 0.3) is 11.3 Å². The molecule has 14 heavy (non-hydrogen) atoms. The van der Waals surface area contributed by atoms with Crippen LogP contribution in [0.1, 0.15) is 10.5 Å². The molecule has 0 unspecified atom stereocenters. The number of hydrogen-bond acceptors (Lipinski definition) is 3. The number of carbonyl (C=O) groups is 1. The molecule has 5 heteroatoms. The van der Waals surface area contributed by atoms with E-state index in [0.717, 1.165) is 0 Å². The van der Waals surface area contributed by atoms with Crippen LogP contribution in [-0.2, 0) is 0 Å². The van der Waals surface area contributed by atoms with Crippen LogP contribution in [0.4, 0.5) is 0 Å².